The number of amides is 1. The van der Waals surface area contributed by atoms with Crippen molar-refractivity contribution in [2.24, 2.45) is 0 Å². The SMILES string of the molecule is Cc1ccc(NC(=O)c2ccnnc2)c(C(=O)O)c1. The standard InChI is InChI=1S/C13H11N3O3/c1-8-2-3-11(10(6-8)13(18)19)16-12(17)9-4-5-14-15-7-9/h2-7H,1H3,(H,16,17)(H,18,19). The average molecular weight is 257 g/mol. The van der Waals surface area contributed by atoms with Crippen molar-refractivity contribution < 1.29 is 14.7 Å². The Morgan fingerprint density at radius 1 is 1.21 bits per heavy atom. The molecule has 6 nitrogen and oxygen atoms in total. The molecule has 19 heavy (non-hydrogen) atoms. The summed E-state index contributed by atoms with van der Waals surface area (Å²) in [4.78, 5) is 23.0. The zero-order valence-electron chi connectivity index (χ0n) is 10.1. The van der Waals surface area contributed by atoms with Crippen LogP contribution in [0, 0.1) is 6.92 Å². The molecule has 96 valence electrons. The first-order chi connectivity index (χ1) is 9.08. The fourth-order valence-electron chi connectivity index (χ4n) is 1.56. The predicted molar refractivity (Wildman–Crippen MR) is 68.1 cm³/mol. The summed E-state index contributed by atoms with van der Waals surface area (Å²) in [6.45, 7) is 1.78. The van der Waals surface area contributed by atoms with E-state index in [1.807, 2.05) is 0 Å². The summed E-state index contributed by atoms with van der Waals surface area (Å²) in [5.74, 6) is -1.52. The molecule has 0 bridgehead atoms. The lowest BCUT2D eigenvalue weighted by atomic mass is 10.1. The Morgan fingerprint density at radius 2 is 2.00 bits per heavy atom. The first kappa shape index (κ1) is 12.7. The van der Waals surface area contributed by atoms with E-state index >= 15 is 0 Å². The Bertz CT molecular complexity index is 626. The zero-order chi connectivity index (χ0) is 13.8. The monoisotopic (exact) mass is 257 g/mol. The van der Waals surface area contributed by atoms with Crippen LogP contribution < -0.4 is 5.32 Å². The maximum atomic E-state index is 11.9. The molecule has 0 aliphatic heterocycles. The van der Waals surface area contributed by atoms with Crippen LogP contribution in [0.3, 0.4) is 0 Å². The maximum absolute atomic E-state index is 11.9. The van der Waals surface area contributed by atoms with E-state index in [1.165, 1.54) is 24.5 Å². The topological polar surface area (TPSA) is 92.2 Å². The van der Waals surface area contributed by atoms with E-state index < -0.39 is 11.9 Å². The van der Waals surface area contributed by atoms with E-state index in [4.69, 9.17) is 5.11 Å². The molecular weight excluding hydrogens is 246 g/mol. The first-order valence-electron chi connectivity index (χ1n) is 5.50. The van der Waals surface area contributed by atoms with Gasteiger partial charge in [0.2, 0.25) is 0 Å². The van der Waals surface area contributed by atoms with Crippen LogP contribution >= 0.6 is 0 Å². The number of hydrogen-bond donors (Lipinski definition) is 2. The fraction of sp³-hybridized carbons (Fsp3) is 0.0769. The number of anilines is 1. The van der Waals surface area contributed by atoms with Crippen LogP contribution in [0.1, 0.15) is 26.3 Å². The van der Waals surface area contributed by atoms with E-state index in [0.29, 0.717) is 5.56 Å². The Hall–Kier alpha value is -2.76. The zero-order valence-corrected chi connectivity index (χ0v) is 10.1. The Morgan fingerprint density at radius 3 is 2.63 bits per heavy atom. The molecule has 0 saturated carbocycles. The molecule has 0 aliphatic carbocycles. The molecule has 0 unspecified atom stereocenters. The molecule has 2 aromatic rings. The smallest absolute Gasteiger partial charge is 0.337 e. The molecule has 6 heteroatoms. The molecule has 1 aromatic heterocycles. The molecule has 1 amide bonds. The van der Waals surface area contributed by atoms with Crippen LogP contribution in [0.25, 0.3) is 0 Å². The Labute approximate surface area is 109 Å². The molecule has 0 spiro atoms. The second-order valence-corrected chi connectivity index (χ2v) is 3.94. The van der Waals surface area contributed by atoms with Gasteiger partial charge in [-0.25, -0.2) is 4.79 Å². The van der Waals surface area contributed by atoms with Gasteiger partial charge in [-0.1, -0.05) is 11.6 Å². The second-order valence-electron chi connectivity index (χ2n) is 3.94. The van der Waals surface area contributed by atoms with Gasteiger partial charge in [-0.05, 0) is 25.1 Å². The minimum absolute atomic E-state index is 0.0513. The summed E-state index contributed by atoms with van der Waals surface area (Å²) in [7, 11) is 0. The van der Waals surface area contributed by atoms with Gasteiger partial charge in [0.05, 0.1) is 29.2 Å². The van der Waals surface area contributed by atoms with Crippen molar-refractivity contribution in [1.82, 2.24) is 10.2 Å². The van der Waals surface area contributed by atoms with Crippen LogP contribution in [-0.4, -0.2) is 27.2 Å². The van der Waals surface area contributed by atoms with Gasteiger partial charge in [-0.2, -0.15) is 10.2 Å². The quantitative estimate of drug-likeness (QED) is 0.873. The summed E-state index contributed by atoms with van der Waals surface area (Å²) >= 11 is 0. The molecule has 0 fully saturated rings. The third-order valence-corrected chi connectivity index (χ3v) is 2.50. The van der Waals surface area contributed by atoms with Gasteiger partial charge >= 0.3 is 5.97 Å². The van der Waals surface area contributed by atoms with Crippen molar-refractivity contribution in [1.29, 1.82) is 0 Å². The van der Waals surface area contributed by atoms with Crippen molar-refractivity contribution in [3.8, 4) is 0 Å². The van der Waals surface area contributed by atoms with Crippen LogP contribution in [0.5, 0.6) is 0 Å². The maximum Gasteiger partial charge on any atom is 0.337 e. The predicted octanol–water partition coefficient (Wildman–Crippen LogP) is 1.74. The van der Waals surface area contributed by atoms with Crippen LogP contribution in [0.15, 0.2) is 36.7 Å². The average Bonchev–Trinajstić information content (AvgIpc) is 2.41. The normalized spacial score (nSPS) is 9.95. The summed E-state index contributed by atoms with van der Waals surface area (Å²) in [5.41, 5.74) is 1.42. The summed E-state index contributed by atoms with van der Waals surface area (Å²) in [5, 5.41) is 18.8. The van der Waals surface area contributed by atoms with Crippen LogP contribution in [-0.2, 0) is 0 Å². The second kappa shape index (κ2) is 5.26. The van der Waals surface area contributed by atoms with Gasteiger partial charge in [0.1, 0.15) is 0 Å². The number of carboxylic acid groups (broad SMARTS) is 1. The summed E-state index contributed by atoms with van der Waals surface area (Å²) in [6.07, 6.45) is 2.70. The van der Waals surface area contributed by atoms with Crippen LogP contribution in [0.4, 0.5) is 5.69 Å². The highest BCUT2D eigenvalue weighted by molar-refractivity contribution is 6.07. The number of aromatic nitrogens is 2. The summed E-state index contributed by atoms with van der Waals surface area (Å²) in [6, 6.07) is 6.29. The lowest BCUT2D eigenvalue weighted by Crippen LogP contribution is -2.15. The number of aryl methyl sites for hydroxylation is 1. The van der Waals surface area contributed by atoms with Crippen molar-refractivity contribution in [3.63, 3.8) is 0 Å². The number of carboxylic acids is 1. The first-order valence-corrected chi connectivity index (χ1v) is 5.50. The van der Waals surface area contributed by atoms with Gasteiger partial charge in [0.25, 0.3) is 5.91 Å². The number of benzene rings is 1. The number of rotatable bonds is 3. The van der Waals surface area contributed by atoms with E-state index in [0.717, 1.165) is 5.56 Å². The van der Waals surface area contributed by atoms with Gasteiger partial charge in [-0.15, -0.1) is 0 Å². The molecule has 0 aliphatic rings. The molecule has 1 aromatic carbocycles. The highest BCUT2D eigenvalue weighted by atomic mass is 16.4. The van der Waals surface area contributed by atoms with E-state index in [2.05, 4.69) is 15.5 Å². The number of aromatic carboxylic acids is 1. The van der Waals surface area contributed by atoms with Crippen molar-refractivity contribution in [2.75, 3.05) is 5.32 Å². The van der Waals surface area contributed by atoms with E-state index in [1.54, 1.807) is 19.1 Å². The number of hydrogen-bond acceptors (Lipinski definition) is 4. The minimum Gasteiger partial charge on any atom is -0.478 e. The lowest BCUT2D eigenvalue weighted by Gasteiger charge is -2.08. The molecule has 0 atom stereocenters. The van der Waals surface area contributed by atoms with Crippen molar-refractivity contribution >= 4 is 17.6 Å². The van der Waals surface area contributed by atoms with E-state index in [-0.39, 0.29) is 11.3 Å². The third kappa shape index (κ3) is 2.92. The highest BCUT2D eigenvalue weighted by Gasteiger charge is 2.13. The van der Waals surface area contributed by atoms with E-state index in [9.17, 15) is 9.59 Å². The molecule has 1 heterocycles. The highest BCUT2D eigenvalue weighted by Crippen LogP contribution is 2.18. The van der Waals surface area contributed by atoms with Crippen molar-refractivity contribution in [3.05, 3.63) is 53.3 Å². The molecule has 0 radical (unpaired) electrons. The van der Waals surface area contributed by atoms with Gasteiger partial charge in [0, 0.05) is 0 Å². The summed E-state index contributed by atoms with van der Waals surface area (Å²) < 4.78 is 0. The third-order valence-electron chi connectivity index (χ3n) is 2.50. The fourth-order valence-corrected chi connectivity index (χ4v) is 1.56. The molecular formula is C13H11N3O3. The number of carbonyl (C=O) groups is 2. The number of nitrogens with one attached hydrogen (secondary N) is 1. The van der Waals surface area contributed by atoms with Gasteiger partial charge in [-0.3, -0.25) is 4.79 Å². The van der Waals surface area contributed by atoms with Gasteiger partial charge in [0.15, 0.2) is 0 Å². The Kier molecular flexibility index (Phi) is 3.51. The number of nitrogens with zero attached hydrogens (tertiary/aromatic N) is 2. The largest absolute Gasteiger partial charge is 0.478 e. The molecule has 0 saturated heterocycles. The lowest BCUT2D eigenvalue weighted by molar-refractivity contribution is 0.0698. The molecule has 2 N–H and O–H groups in total. The number of carbonyl (C=O) groups excluding carboxylic acids is 1. The van der Waals surface area contributed by atoms with Gasteiger partial charge < -0.3 is 10.4 Å². The Balaban J connectivity index is 2.29. The minimum atomic E-state index is -1.09. The van der Waals surface area contributed by atoms with Crippen LogP contribution in [0.2, 0.25) is 0 Å². The van der Waals surface area contributed by atoms with Crippen molar-refractivity contribution in [2.45, 2.75) is 6.92 Å². The molecule has 2 rings (SSSR count).